The van der Waals surface area contributed by atoms with E-state index in [0.717, 1.165) is 11.0 Å². The number of aromatic nitrogens is 3. The van der Waals surface area contributed by atoms with Crippen LogP contribution in [0.25, 0.3) is 11.0 Å². The van der Waals surface area contributed by atoms with Gasteiger partial charge in [-0.1, -0.05) is 0 Å². The number of rotatable bonds is 2. The maximum atomic E-state index is 12.7. The number of fused-ring (bicyclic) bond motifs is 1. The van der Waals surface area contributed by atoms with Crippen LogP contribution in [0, 0.1) is 0 Å². The molecule has 2 atom stereocenters. The molecule has 2 aromatic rings. The van der Waals surface area contributed by atoms with Crippen LogP contribution in [-0.2, 0) is 4.74 Å². The van der Waals surface area contributed by atoms with Gasteiger partial charge in [0.05, 0.1) is 24.0 Å². The summed E-state index contributed by atoms with van der Waals surface area (Å²) in [6, 6.07) is 2.12. The van der Waals surface area contributed by atoms with Crippen LogP contribution >= 0.6 is 0 Å². The second-order valence-electron chi connectivity index (χ2n) is 6.29. The minimum Gasteiger partial charge on any atom is -0.372 e. The summed E-state index contributed by atoms with van der Waals surface area (Å²) in [6.45, 7) is 9.33. The van der Waals surface area contributed by atoms with Gasteiger partial charge >= 0.3 is 0 Å². The molecule has 0 saturated carbocycles. The molecule has 1 saturated heterocycles. The highest BCUT2D eigenvalue weighted by Crippen LogP contribution is 2.19. The molecule has 2 aromatic heterocycles. The van der Waals surface area contributed by atoms with Crippen molar-refractivity contribution in [3.05, 3.63) is 24.0 Å². The number of pyridine rings is 1. The van der Waals surface area contributed by atoms with Gasteiger partial charge in [-0.2, -0.15) is 5.10 Å². The molecule has 3 rings (SSSR count). The molecule has 0 N–H and O–H groups in total. The second-order valence-corrected chi connectivity index (χ2v) is 6.29. The fourth-order valence-corrected chi connectivity index (χ4v) is 2.96. The summed E-state index contributed by atoms with van der Waals surface area (Å²) in [4.78, 5) is 19.0. The average molecular weight is 302 g/mol. The van der Waals surface area contributed by atoms with Gasteiger partial charge in [-0.25, -0.2) is 9.67 Å². The quantitative estimate of drug-likeness (QED) is 0.854. The summed E-state index contributed by atoms with van der Waals surface area (Å²) >= 11 is 0. The Hall–Kier alpha value is -1.95. The van der Waals surface area contributed by atoms with Crippen molar-refractivity contribution in [2.75, 3.05) is 13.1 Å². The average Bonchev–Trinajstić information content (AvgIpc) is 2.88. The van der Waals surface area contributed by atoms with Gasteiger partial charge in [0.25, 0.3) is 5.91 Å². The highest BCUT2D eigenvalue weighted by molar-refractivity contribution is 5.96. The van der Waals surface area contributed by atoms with Crippen molar-refractivity contribution in [3.63, 3.8) is 0 Å². The third-order valence-corrected chi connectivity index (χ3v) is 3.88. The van der Waals surface area contributed by atoms with Crippen molar-refractivity contribution in [1.29, 1.82) is 0 Å². The van der Waals surface area contributed by atoms with Gasteiger partial charge in [-0.3, -0.25) is 4.79 Å². The molecule has 118 valence electrons. The van der Waals surface area contributed by atoms with E-state index < -0.39 is 0 Å². The summed E-state index contributed by atoms with van der Waals surface area (Å²) in [5.41, 5.74) is 1.42. The van der Waals surface area contributed by atoms with Crippen LogP contribution in [0.2, 0.25) is 0 Å². The van der Waals surface area contributed by atoms with Crippen LogP contribution in [-0.4, -0.2) is 50.9 Å². The Morgan fingerprint density at radius 3 is 2.59 bits per heavy atom. The van der Waals surface area contributed by atoms with Crippen LogP contribution in [0.3, 0.4) is 0 Å². The highest BCUT2D eigenvalue weighted by Gasteiger charge is 2.27. The van der Waals surface area contributed by atoms with Crippen molar-refractivity contribution in [3.8, 4) is 0 Å². The van der Waals surface area contributed by atoms with Crippen LogP contribution in [0.15, 0.2) is 18.5 Å². The van der Waals surface area contributed by atoms with Crippen LogP contribution in [0.4, 0.5) is 0 Å². The van der Waals surface area contributed by atoms with E-state index in [9.17, 15) is 4.79 Å². The molecule has 6 nitrogen and oxygen atoms in total. The fourth-order valence-electron chi connectivity index (χ4n) is 2.96. The van der Waals surface area contributed by atoms with Crippen molar-refractivity contribution in [2.45, 2.75) is 45.9 Å². The van der Waals surface area contributed by atoms with Gasteiger partial charge in [-0.15, -0.1) is 0 Å². The normalized spacial score (nSPS) is 22.5. The molecule has 3 heterocycles. The lowest BCUT2D eigenvalue weighted by atomic mass is 10.1. The number of amides is 1. The number of hydrogen-bond acceptors (Lipinski definition) is 4. The van der Waals surface area contributed by atoms with Crippen LogP contribution in [0.5, 0.6) is 0 Å². The SMILES string of the molecule is CC(C)n1ncc2cc(C(=O)N3C[C@H](C)O[C@@H](C)C3)cnc21. The largest absolute Gasteiger partial charge is 0.372 e. The molecule has 0 aliphatic carbocycles. The minimum absolute atomic E-state index is 0.00805. The Balaban J connectivity index is 1.88. The maximum Gasteiger partial charge on any atom is 0.255 e. The number of ether oxygens (including phenoxy) is 1. The summed E-state index contributed by atoms with van der Waals surface area (Å²) < 4.78 is 7.54. The van der Waals surface area contributed by atoms with E-state index in [1.54, 1.807) is 12.4 Å². The van der Waals surface area contributed by atoms with Gasteiger partial charge < -0.3 is 9.64 Å². The van der Waals surface area contributed by atoms with E-state index in [2.05, 4.69) is 23.9 Å². The standard InChI is InChI=1S/C16H22N4O2/c1-10(2)20-15-13(7-18-20)5-14(6-17-15)16(21)19-8-11(3)22-12(4)9-19/h5-7,10-12H,8-9H2,1-4H3/t11-,12-/m0/s1. The van der Waals surface area contributed by atoms with Gasteiger partial charge in [0.1, 0.15) is 0 Å². The molecule has 1 fully saturated rings. The lowest BCUT2D eigenvalue weighted by Crippen LogP contribution is -2.48. The van der Waals surface area contributed by atoms with E-state index in [4.69, 9.17) is 4.74 Å². The Bertz CT molecular complexity index is 685. The molecule has 0 aromatic carbocycles. The Morgan fingerprint density at radius 1 is 1.27 bits per heavy atom. The molecule has 1 aliphatic heterocycles. The molecule has 0 spiro atoms. The third-order valence-electron chi connectivity index (χ3n) is 3.88. The summed E-state index contributed by atoms with van der Waals surface area (Å²) in [7, 11) is 0. The highest BCUT2D eigenvalue weighted by atomic mass is 16.5. The van der Waals surface area contributed by atoms with Gasteiger partial charge in [0, 0.05) is 30.7 Å². The Labute approximate surface area is 130 Å². The van der Waals surface area contributed by atoms with Crippen LogP contribution < -0.4 is 0 Å². The molecule has 0 unspecified atom stereocenters. The molecular formula is C16H22N4O2. The number of carbonyl (C=O) groups excluding carboxylic acids is 1. The zero-order chi connectivity index (χ0) is 15.9. The van der Waals surface area contributed by atoms with E-state index in [1.165, 1.54) is 0 Å². The van der Waals surface area contributed by atoms with E-state index in [1.807, 2.05) is 29.5 Å². The molecule has 6 heteroatoms. The molecule has 0 radical (unpaired) electrons. The number of hydrogen-bond donors (Lipinski definition) is 0. The van der Waals surface area contributed by atoms with Crippen LogP contribution in [0.1, 0.15) is 44.1 Å². The zero-order valence-corrected chi connectivity index (χ0v) is 13.5. The molecule has 1 amide bonds. The van der Waals surface area contributed by atoms with Crippen molar-refractivity contribution < 1.29 is 9.53 Å². The summed E-state index contributed by atoms with van der Waals surface area (Å²) in [5, 5.41) is 5.24. The summed E-state index contributed by atoms with van der Waals surface area (Å²) in [6.07, 6.45) is 3.54. The van der Waals surface area contributed by atoms with Crippen molar-refractivity contribution >= 4 is 16.9 Å². The van der Waals surface area contributed by atoms with Gasteiger partial charge in [0.15, 0.2) is 5.65 Å². The second kappa shape index (κ2) is 5.68. The molecule has 0 bridgehead atoms. The monoisotopic (exact) mass is 302 g/mol. The molecule has 1 aliphatic rings. The van der Waals surface area contributed by atoms with Crippen molar-refractivity contribution in [2.24, 2.45) is 0 Å². The zero-order valence-electron chi connectivity index (χ0n) is 13.5. The predicted octanol–water partition coefficient (Wildman–Crippen LogP) is 2.26. The molecule has 22 heavy (non-hydrogen) atoms. The first-order valence-electron chi connectivity index (χ1n) is 7.73. The first kappa shape index (κ1) is 15.0. The first-order chi connectivity index (χ1) is 10.5. The number of carbonyl (C=O) groups is 1. The maximum absolute atomic E-state index is 12.7. The molecular weight excluding hydrogens is 280 g/mol. The lowest BCUT2D eigenvalue weighted by Gasteiger charge is -2.35. The van der Waals surface area contributed by atoms with E-state index >= 15 is 0 Å². The minimum atomic E-state index is 0.00805. The van der Waals surface area contributed by atoms with E-state index in [0.29, 0.717) is 18.7 Å². The topological polar surface area (TPSA) is 60.2 Å². The van der Waals surface area contributed by atoms with Gasteiger partial charge in [-0.05, 0) is 33.8 Å². The fraction of sp³-hybridized carbons (Fsp3) is 0.562. The lowest BCUT2D eigenvalue weighted by molar-refractivity contribution is -0.0586. The smallest absolute Gasteiger partial charge is 0.255 e. The third kappa shape index (κ3) is 2.70. The number of nitrogens with zero attached hydrogens (tertiary/aromatic N) is 4. The van der Waals surface area contributed by atoms with Gasteiger partial charge in [0.2, 0.25) is 0 Å². The Morgan fingerprint density at radius 2 is 1.95 bits per heavy atom. The van der Waals surface area contributed by atoms with E-state index in [-0.39, 0.29) is 24.2 Å². The number of morpholine rings is 1. The Kier molecular flexibility index (Phi) is 3.87. The first-order valence-corrected chi connectivity index (χ1v) is 7.73. The predicted molar refractivity (Wildman–Crippen MR) is 83.8 cm³/mol. The van der Waals surface area contributed by atoms with Crippen molar-refractivity contribution in [1.82, 2.24) is 19.7 Å². The summed E-state index contributed by atoms with van der Waals surface area (Å²) in [5.74, 6) is 0.00805.